The minimum absolute atomic E-state index is 0.130. The highest BCUT2D eigenvalue weighted by Crippen LogP contribution is 2.39. The Balaban J connectivity index is 1.62. The van der Waals surface area contributed by atoms with E-state index >= 15 is 0 Å². The molecule has 2 fully saturated rings. The van der Waals surface area contributed by atoms with E-state index in [4.69, 9.17) is 4.74 Å². The molecule has 2 aliphatic heterocycles. The van der Waals surface area contributed by atoms with Crippen LogP contribution < -0.4 is 0 Å². The van der Waals surface area contributed by atoms with Gasteiger partial charge in [-0.1, -0.05) is 36.9 Å². The Kier molecular flexibility index (Phi) is 5.36. The Bertz CT molecular complexity index is 601. The van der Waals surface area contributed by atoms with Gasteiger partial charge in [0.2, 0.25) is 5.91 Å². The molecule has 1 amide bonds. The van der Waals surface area contributed by atoms with Crippen molar-refractivity contribution in [1.29, 1.82) is 0 Å². The van der Waals surface area contributed by atoms with Crippen molar-refractivity contribution in [2.24, 2.45) is 5.41 Å². The second-order valence-electron chi connectivity index (χ2n) is 7.26. The van der Waals surface area contributed by atoms with E-state index in [2.05, 4.69) is 35.7 Å². The van der Waals surface area contributed by atoms with E-state index < -0.39 is 0 Å². The van der Waals surface area contributed by atoms with Gasteiger partial charge in [0.05, 0.1) is 0 Å². The fourth-order valence-electron chi connectivity index (χ4n) is 4.22. The van der Waals surface area contributed by atoms with Gasteiger partial charge in [-0.2, -0.15) is 0 Å². The van der Waals surface area contributed by atoms with Crippen molar-refractivity contribution >= 4 is 12.0 Å². The van der Waals surface area contributed by atoms with Crippen LogP contribution in [-0.2, 0) is 16.1 Å². The second kappa shape index (κ2) is 7.49. The summed E-state index contributed by atoms with van der Waals surface area (Å²) in [6.45, 7) is 9.03. The zero-order chi connectivity index (χ0) is 17.0. The Hall–Kier alpha value is -1.65. The maximum absolute atomic E-state index is 12.1. The van der Waals surface area contributed by atoms with Crippen molar-refractivity contribution in [3.05, 3.63) is 42.0 Å². The lowest BCUT2D eigenvalue weighted by Crippen LogP contribution is -2.45. The predicted octanol–water partition coefficient (Wildman–Crippen LogP) is 2.79. The average Bonchev–Trinajstić information content (AvgIpc) is 2.99. The fourth-order valence-corrected chi connectivity index (χ4v) is 4.22. The molecule has 4 heteroatoms. The molecule has 1 aromatic carbocycles. The number of nitrogens with zero attached hydrogens (tertiary/aromatic N) is 2. The van der Waals surface area contributed by atoms with E-state index in [0.29, 0.717) is 0 Å². The minimum Gasteiger partial charge on any atom is -0.375 e. The number of amides is 1. The second-order valence-corrected chi connectivity index (χ2v) is 7.26. The number of carbonyl (C=O) groups excluding carboxylic acids is 1. The van der Waals surface area contributed by atoms with E-state index in [1.165, 1.54) is 24.0 Å². The molecule has 4 nitrogen and oxygen atoms in total. The summed E-state index contributed by atoms with van der Waals surface area (Å²) < 4.78 is 5.00. The molecular formula is C20H28N2O2. The first-order chi connectivity index (χ1) is 11.6. The van der Waals surface area contributed by atoms with Gasteiger partial charge in [0.25, 0.3) is 0 Å². The first kappa shape index (κ1) is 17.2. The molecule has 2 aliphatic rings. The maximum atomic E-state index is 12.1. The van der Waals surface area contributed by atoms with Crippen molar-refractivity contribution in [3.8, 4) is 0 Å². The monoisotopic (exact) mass is 328 g/mol. The van der Waals surface area contributed by atoms with E-state index in [1.54, 1.807) is 7.11 Å². The highest BCUT2D eigenvalue weighted by atomic mass is 16.5. The topological polar surface area (TPSA) is 32.8 Å². The third-order valence-electron chi connectivity index (χ3n) is 5.39. The van der Waals surface area contributed by atoms with Crippen LogP contribution >= 0.6 is 0 Å². The largest absolute Gasteiger partial charge is 0.375 e. The molecule has 24 heavy (non-hydrogen) atoms. The van der Waals surface area contributed by atoms with Crippen LogP contribution in [0.4, 0.5) is 0 Å². The van der Waals surface area contributed by atoms with Crippen molar-refractivity contribution < 1.29 is 9.53 Å². The number of piperidine rings is 1. The van der Waals surface area contributed by atoms with Gasteiger partial charge in [0.15, 0.2) is 0 Å². The highest BCUT2D eigenvalue weighted by molar-refractivity contribution is 5.77. The molecule has 0 bridgehead atoms. The Morgan fingerprint density at radius 1 is 1.33 bits per heavy atom. The number of methoxy groups -OCH3 is 1. The summed E-state index contributed by atoms with van der Waals surface area (Å²) in [5, 5.41) is 0. The standard InChI is InChI=1S/C20H28N2O2/c1-3-17-6-4-7-18(12-17)13-21-10-5-8-20(15-21)9-11-22(16-20)19(23)14-24-2/h3-4,6-7,12H,1,5,8-11,13-16H2,2H3. The van der Waals surface area contributed by atoms with E-state index in [9.17, 15) is 4.79 Å². The summed E-state index contributed by atoms with van der Waals surface area (Å²) in [4.78, 5) is 16.6. The van der Waals surface area contributed by atoms with Crippen LogP contribution in [0.25, 0.3) is 6.08 Å². The normalized spacial score (nSPS) is 24.5. The zero-order valence-corrected chi connectivity index (χ0v) is 14.7. The van der Waals surface area contributed by atoms with Gasteiger partial charge in [0, 0.05) is 38.7 Å². The third kappa shape index (κ3) is 3.87. The SMILES string of the molecule is C=Cc1cccc(CN2CCCC3(CCN(C(=O)COC)C3)C2)c1. The molecule has 2 heterocycles. The summed E-state index contributed by atoms with van der Waals surface area (Å²) >= 11 is 0. The molecule has 1 unspecified atom stereocenters. The predicted molar refractivity (Wildman–Crippen MR) is 96.6 cm³/mol. The first-order valence-corrected chi connectivity index (χ1v) is 8.85. The van der Waals surface area contributed by atoms with Gasteiger partial charge in [-0.25, -0.2) is 0 Å². The van der Waals surface area contributed by atoms with E-state index in [0.717, 1.165) is 39.1 Å². The first-order valence-electron chi connectivity index (χ1n) is 8.85. The van der Waals surface area contributed by atoms with Crippen molar-refractivity contribution in [2.75, 3.05) is 39.9 Å². The smallest absolute Gasteiger partial charge is 0.248 e. The number of benzene rings is 1. The van der Waals surface area contributed by atoms with Crippen molar-refractivity contribution in [1.82, 2.24) is 9.80 Å². The molecule has 1 aromatic rings. The van der Waals surface area contributed by atoms with Gasteiger partial charge >= 0.3 is 0 Å². The lowest BCUT2D eigenvalue weighted by Gasteiger charge is -2.40. The van der Waals surface area contributed by atoms with Gasteiger partial charge in [0.1, 0.15) is 6.61 Å². The quantitative estimate of drug-likeness (QED) is 0.833. The Morgan fingerprint density at radius 2 is 2.21 bits per heavy atom. The summed E-state index contributed by atoms with van der Waals surface area (Å²) in [7, 11) is 1.59. The molecule has 0 radical (unpaired) electrons. The van der Waals surface area contributed by atoms with Crippen molar-refractivity contribution in [3.63, 3.8) is 0 Å². The van der Waals surface area contributed by atoms with E-state index in [-0.39, 0.29) is 17.9 Å². The van der Waals surface area contributed by atoms with Gasteiger partial charge in [-0.05, 0) is 36.9 Å². The minimum atomic E-state index is 0.130. The van der Waals surface area contributed by atoms with Crippen LogP contribution in [0.2, 0.25) is 0 Å². The Labute approximate surface area is 145 Å². The molecule has 3 rings (SSSR count). The summed E-state index contributed by atoms with van der Waals surface area (Å²) in [5.74, 6) is 0.130. The third-order valence-corrected chi connectivity index (χ3v) is 5.39. The highest BCUT2D eigenvalue weighted by Gasteiger charge is 2.42. The fraction of sp³-hybridized carbons (Fsp3) is 0.550. The van der Waals surface area contributed by atoms with Crippen LogP contribution in [0.3, 0.4) is 0 Å². The Morgan fingerprint density at radius 3 is 3.00 bits per heavy atom. The van der Waals surface area contributed by atoms with Crippen LogP contribution in [0.1, 0.15) is 30.4 Å². The van der Waals surface area contributed by atoms with Gasteiger partial charge in [-0.3, -0.25) is 9.69 Å². The molecule has 0 aliphatic carbocycles. The number of carbonyl (C=O) groups is 1. The number of hydrogen-bond acceptors (Lipinski definition) is 3. The molecule has 130 valence electrons. The van der Waals surface area contributed by atoms with Crippen LogP contribution in [0.5, 0.6) is 0 Å². The summed E-state index contributed by atoms with van der Waals surface area (Å²) in [5.41, 5.74) is 2.80. The number of hydrogen-bond donors (Lipinski definition) is 0. The molecule has 0 saturated carbocycles. The van der Waals surface area contributed by atoms with Crippen LogP contribution in [-0.4, -0.2) is 55.6 Å². The van der Waals surface area contributed by atoms with E-state index in [1.807, 2.05) is 11.0 Å². The number of likely N-dealkylation sites (tertiary alicyclic amines) is 2. The number of ether oxygens (including phenoxy) is 1. The van der Waals surface area contributed by atoms with Gasteiger partial charge < -0.3 is 9.64 Å². The number of rotatable bonds is 5. The summed E-state index contributed by atoms with van der Waals surface area (Å²) in [6, 6.07) is 8.60. The zero-order valence-electron chi connectivity index (χ0n) is 14.7. The molecule has 1 atom stereocenters. The lowest BCUT2D eigenvalue weighted by atomic mass is 9.79. The summed E-state index contributed by atoms with van der Waals surface area (Å²) in [6.07, 6.45) is 5.46. The maximum Gasteiger partial charge on any atom is 0.248 e. The molecule has 0 aromatic heterocycles. The van der Waals surface area contributed by atoms with Crippen LogP contribution in [0.15, 0.2) is 30.8 Å². The molecule has 2 saturated heterocycles. The molecule has 1 spiro atoms. The van der Waals surface area contributed by atoms with Crippen LogP contribution in [0, 0.1) is 5.41 Å². The van der Waals surface area contributed by atoms with Gasteiger partial charge in [-0.15, -0.1) is 0 Å². The molecule has 0 N–H and O–H groups in total. The average molecular weight is 328 g/mol. The molecular weight excluding hydrogens is 300 g/mol. The van der Waals surface area contributed by atoms with Crippen molar-refractivity contribution in [2.45, 2.75) is 25.8 Å². The lowest BCUT2D eigenvalue weighted by molar-refractivity contribution is -0.134.